The molecule has 1 aliphatic rings. The second-order valence-corrected chi connectivity index (χ2v) is 9.73. The van der Waals surface area contributed by atoms with Gasteiger partial charge in [0.05, 0.1) is 29.5 Å². The molecule has 0 saturated carbocycles. The van der Waals surface area contributed by atoms with Gasteiger partial charge in [0.15, 0.2) is 0 Å². The molecule has 4 rings (SSSR count). The van der Waals surface area contributed by atoms with E-state index in [2.05, 4.69) is 38.4 Å². The number of aromatic nitrogens is 2. The standard InChI is InChI=1S/C22H23BrN4O3S/c1-12-4-6-15-18(8-12)31-21-19(15)22(29)27(11-24-21)13(2)20(28)26-25-10-14-5-7-17(30-3)16(23)9-14/h5,7,9-13H,4,6,8H2,1-3H3,(H,26,28). The van der Waals surface area contributed by atoms with Crippen LogP contribution in [0.15, 0.2) is 38.9 Å². The molecule has 2 unspecified atom stereocenters. The summed E-state index contributed by atoms with van der Waals surface area (Å²) in [6.45, 7) is 3.90. The minimum absolute atomic E-state index is 0.164. The highest BCUT2D eigenvalue weighted by Crippen LogP contribution is 2.35. The normalized spacial score (nSPS) is 17.0. The molecule has 0 aliphatic heterocycles. The van der Waals surface area contributed by atoms with E-state index in [1.807, 2.05) is 12.1 Å². The predicted molar refractivity (Wildman–Crippen MR) is 126 cm³/mol. The number of hydrazone groups is 1. The van der Waals surface area contributed by atoms with Crippen LogP contribution in [0.1, 0.15) is 42.3 Å². The van der Waals surface area contributed by atoms with Gasteiger partial charge in [0, 0.05) is 4.88 Å². The number of thiophene rings is 1. The summed E-state index contributed by atoms with van der Waals surface area (Å²) in [6, 6.07) is 4.73. The van der Waals surface area contributed by atoms with Crippen LogP contribution in [0.4, 0.5) is 0 Å². The third-order valence-electron chi connectivity index (χ3n) is 5.60. The molecule has 0 bridgehead atoms. The van der Waals surface area contributed by atoms with E-state index in [1.165, 1.54) is 22.0 Å². The number of fused-ring (bicyclic) bond motifs is 3. The fourth-order valence-corrected chi connectivity index (χ4v) is 5.67. The van der Waals surface area contributed by atoms with Gasteiger partial charge in [-0.15, -0.1) is 11.3 Å². The van der Waals surface area contributed by atoms with Gasteiger partial charge in [-0.05, 0) is 77.4 Å². The number of amides is 1. The summed E-state index contributed by atoms with van der Waals surface area (Å²) in [5.41, 5.74) is 4.25. The molecule has 9 heteroatoms. The van der Waals surface area contributed by atoms with Crippen molar-refractivity contribution in [3.63, 3.8) is 0 Å². The van der Waals surface area contributed by atoms with Gasteiger partial charge in [-0.25, -0.2) is 10.4 Å². The number of nitrogens with zero attached hydrogens (tertiary/aromatic N) is 3. The van der Waals surface area contributed by atoms with Crippen molar-refractivity contribution >= 4 is 49.6 Å². The van der Waals surface area contributed by atoms with Gasteiger partial charge in [0.25, 0.3) is 11.5 Å². The molecule has 1 N–H and O–H groups in total. The average Bonchev–Trinajstić information content (AvgIpc) is 3.12. The Morgan fingerprint density at radius 1 is 1.48 bits per heavy atom. The highest BCUT2D eigenvalue weighted by molar-refractivity contribution is 9.10. The fourth-order valence-electron chi connectivity index (χ4n) is 3.77. The van der Waals surface area contributed by atoms with Gasteiger partial charge >= 0.3 is 0 Å². The Balaban J connectivity index is 1.53. The number of nitrogens with one attached hydrogen (secondary N) is 1. The first-order valence-electron chi connectivity index (χ1n) is 10.1. The number of hydrogen-bond acceptors (Lipinski definition) is 6. The van der Waals surface area contributed by atoms with Crippen molar-refractivity contribution in [2.75, 3.05) is 7.11 Å². The monoisotopic (exact) mass is 502 g/mol. The van der Waals surface area contributed by atoms with E-state index in [0.29, 0.717) is 17.1 Å². The molecule has 162 valence electrons. The molecule has 2 heterocycles. The zero-order chi connectivity index (χ0) is 22.1. The maximum Gasteiger partial charge on any atom is 0.263 e. The van der Waals surface area contributed by atoms with E-state index in [9.17, 15) is 9.59 Å². The molecule has 2 atom stereocenters. The van der Waals surface area contributed by atoms with Crippen molar-refractivity contribution in [3.05, 3.63) is 55.4 Å². The minimum Gasteiger partial charge on any atom is -0.496 e. The SMILES string of the molecule is COc1ccc(C=NNC(=O)C(C)n2cnc3sc4c(c3c2=O)CCC(C)C4)cc1Br. The Labute approximate surface area is 192 Å². The first-order valence-corrected chi connectivity index (χ1v) is 11.7. The van der Waals surface area contributed by atoms with Crippen LogP contribution in [-0.4, -0.2) is 28.8 Å². The lowest BCUT2D eigenvalue weighted by atomic mass is 9.89. The number of carbonyl (C=O) groups excluding carboxylic acids is 1. The van der Waals surface area contributed by atoms with Crippen LogP contribution in [0.5, 0.6) is 5.75 Å². The van der Waals surface area contributed by atoms with Crippen LogP contribution in [0.2, 0.25) is 0 Å². The Morgan fingerprint density at radius 2 is 2.29 bits per heavy atom. The summed E-state index contributed by atoms with van der Waals surface area (Å²) in [4.78, 5) is 32.3. The van der Waals surface area contributed by atoms with Gasteiger partial charge in [-0.3, -0.25) is 14.2 Å². The lowest BCUT2D eigenvalue weighted by Gasteiger charge is -2.18. The maximum absolute atomic E-state index is 13.2. The lowest BCUT2D eigenvalue weighted by Crippen LogP contribution is -2.34. The molecule has 1 aromatic carbocycles. The van der Waals surface area contributed by atoms with Crippen molar-refractivity contribution in [2.24, 2.45) is 11.0 Å². The molecule has 2 aromatic heterocycles. The first-order chi connectivity index (χ1) is 14.9. The van der Waals surface area contributed by atoms with Crippen LogP contribution in [-0.2, 0) is 17.6 Å². The highest BCUT2D eigenvalue weighted by atomic mass is 79.9. The first kappa shape index (κ1) is 21.7. The van der Waals surface area contributed by atoms with E-state index >= 15 is 0 Å². The van der Waals surface area contributed by atoms with Crippen LogP contribution in [0.25, 0.3) is 10.2 Å². The van der Waals surface area contributed by atoms with Crippen molar-refractivity contribution in [3.8, 4) is 5.75 Å². The number of halogens is 1. The molecule has 0 radical (unpaired) electrons. The molecule has 1 aliphatic carbocycles. The van der Waals surface area contributed by atoms with Crippen molar-refractivity contribution in [1.82, 2.24) is 15.0 Å². The zero-order valence-electron chi connectivity index (χ0n) is 17.5. The summed E-state index contributed by atoms with van der Waals surface area (Å²) in [5.74, 6) is 0.948. The van der Waals surface area contributed by atoms with Gasteiger partial charge < -0.3 is 4.74 Å². The van der Waals surface area contributed by atoms with E-state index in [-0.39, 0.29) is 11.5 Å². The second-order valence-electron chi connectivity index (χ2n) is 7.79. The van der Waals surface area contributed by atoms with Crippen LogP contribution in [0, 0.1) is 5.92 Å². The number of benzene rings is 1. The van der Waals surface area contributed by atoms with Crippen molar-refractivity contribution < 1.29 is 9.53 Å². The Bertz CT molecular complexity index is 1230. The van der Waals surface area contributed by atoms with Gasteiger partial charge in [0.2, 0.25) is 0 Å². The molecule has 3 aromatic rings. The molecule has 0 saturated heterocycles. The Hall–Kier alpha value is -2.52. The number of carbonyl (C=O) groups is 1. The quantitative estimate of drug-likeness (QED) is 0.420. The van der Waals surface area contributed by atoms with E-state index in [0.717, 1.165) is 39.7 Å². The van der Waals surface area contributed by atoms with E-state index < -0.39 is 6.04 Å². The number of aryl methyl sites for hydroxylation is 1. The number of hydrogen-bond donors (Lipinski definition) is 1. The molecule has 1 amide bonds. The summed E-state index contributed by atoms with van der Waals surface area (Å²) in [7, 11) is 1.59. The predicted octanol–water partition coefficient (Wildman–Crippen LogP) is 4.07. The second kappa shape index (κ2) is 8.92. The fraction of sp³-hybridized carbons (Fsp3) is 0.364. The summed E-state index contributed by atoms with van der Waals surface area (Å²) < 4.78 is 7.38. The van der Waals surface area contributed by atoms with Crippen molar-refractivity contribution in [2.45, 2.75) is 39.2 Å². The molecule has 0 fully saturated rings. The van der Waals surface area contributed by atoms with Gasteiger partial charge in [-0.1, -0.05) is 6.92 Å². The van der Waals surface area contributed by atoms with Gasteiger partial charge in [0.1, 0.15) is 16.6 Å². The smallest absolute Gasteiger partial charge is 0.263 e. The number of methoxy groups -OCH3 is 1. The van der Waals surface area contributed by atoms with Gasteiger partial charge in [-0.2, -0.15) is 5.10 Å². The van der Waals surface area contributed by atoms with Crippen LogP contribution in [0.3, 0.4) is 0 Å². The van der Waals surface area contributed by atoms with E-state index in [4.69, 9.17) is 4.74 Å². The highest BCUT2D eigenvalue weighted by Gasteiger charge is 2.25. The van der Waals surface area contributed by atoms with Crippen LogP contribution < -0.4 is 15.7 Å². The Morgan fingerprint density at radius 3 is 3.03 bits per heavy atom. The molecule has 31 heavy (non-hydrogen) atoms. The third kappa shape index (κ3) is 4.29. The molecule has 7 nitrogen and oxygen atoms in total. The number of ether oxygens (including phenoxy) is 1. The summed E-state index contributed by atoms with van der Waals surface area (Å²) in [5, 5.41) is 4.69. The lowest BCUT2D eigenvalue weighted by molar-refractivity contribution is -0.123. The van der Waals surface area contributed by atoms with Crippen molar-refractivity contribution in [1.29, 1.82) is 0 Å². The summed E-state index contributed by atoms with van der Waals surface area (Å²) in [6.07, 6.45) is 5.95. The topological polar surface area (TPSA) is 85.6 Å². The maximum atomic E-state index is 13.2. The number of rotatable bonds is 5. The van der Waals surface area contributed by atoms with E-state index in [1.54, 1.807) is 31.4 Å². The molecule has 0 spiro atoms. The largest absolute Gasteiger partial charge is 0.496 e. The third-order valence-corrected chi connectivity index (χ3v) is 7.38. The minimum atomic E-state index is -0.734. The molecular weight excluding hydrogens is 480 g/mol. The Kier molecular flexibility index (Phi) is 6.24. The summed E-state index contributed by atoms with van der Waals surface area (Å²) >= 11 is 5.02. The average molecular weight is 503 g/mol. The zero-order valence-corrected chi connectivity index (χ0v) is 19.9. The molecular formula is C22H23BrN4O3S. The van der Waals surface area contributed by atoms with Crippen LogP contribution >= 0.6 is 27.3 Å².